The molecule has 0 spiro atoms. The van der Waals surface area contributed by atoms with Gasteiger partial charge < -0.3 is 9.47 Å². The third-order valence-electron chi connectivity index (χ3n) is 1.91. The summed E-state index contributed by atoms with van der Waals surface area (Å²) in [6.07, 6.45) is 0. The lowest BCUT2D eigenvalue weighted by atomic mass is 10.1. The van der Waals surface area contributed by atoms with Crippen molar-refractivity contribution in [1.29, 1.82) is 0 Å². The molecule has 0 fully saturated rings. The predicted octanol–water partition coefficient (Wildman–Crippen LogP) is 2.81. The topological polar surface area (TPSA) is 35.5 Å². The van der Waals surface area contributed by atoms with Gasteiger partial charge in [-0.15, -0.1) is 0 Å². The van der Waals surface area contributed by atoms with Crippen LogP contribution in [0.15, 0.2) is 10.5 Å². The second-order valence-electron chi connectivity index (χ2n) is 2.84. The summed E-state index contributed by atoms with van der Waals surface area (Å²) >= 11 is 3.01. The number of benzene rings is 1. The summed E-state index contributed by atoms with van der Waals surface area (Å²) in [6.45, 7) is 1.27. The second-order valence-corrected chi connectivity index (χ2v) is 3.69. The number of hydrogen-bond donors (Lipinski definition) is 0. The van der Waals surface area contributed by atoms with Gasteiger partial charge in [0.25, 0.3) is 0 Å². The van der Waals surface area contributed by atoms with E-state index in [-0.39, 0.29) is 15.8 Å². The quantitative estimate of drug-likeness (QED) is 0.797. The average Bonchev–Trinajstić information content (AvgIpc) is 2.20. The molecule has 82 valence electrons. The van der Waals surface area contributed by atoms with Crippen molar-refractivity contribution < 1.29 is 18.7 Å². The molecule has 0 bridgehead atoms. The molecular weight excluding hydrogens is 267 g/mol. The lowest BCUT2D eigenvalue weighted by Crippen LogP contribution is -2.04. The van der Waals surface area contributed by atoms with E-state index >= 15 is 0 Å². The lowest BCUT2D eigenvalue weighted by Gasteiger charge is -2.12. The molecule has 1 rings (SSSR count). The maximum Gasteiger partial charge on any atom is 0.174 e. The third kappa shape index (κ3) is 2.12. The number of carbonyl (C=O) groups is 1. The Hall–Kier alpha value is -1.10. The summed E-state index contributed by atoms with van der Waals surface area (Å²) in [7, 11) is 2.78. The summed E-state index contributed by atoms with van der Waals surface area (Å²) < 4.78 is 23.7. The van der Waals surface area contributed by atoms with Crippen LogP contribution in [0.3, 0.4) is 0 Å². The summed E-state index contributed by atoms with van der Waals surface area (Å²) in [5.41, 5.74) is -0.108. The fraction of sp³-hybridized carbons (Fsp3) is 0.300. The van der Waals surface area contributed by atoms with Crippen molar-refractivity contribution in [1.82, 2.24) is 0 Å². The molecule has 0 radical (unpaired) electrons. The first-order valence-electron chi connectivity index (χ1n) is 4.13. The van der Waals surface area contributed by atoms with Crippen LogP contribution >= 0.6 is 15.9 Å². The second kappa shape index (κ2) is 4.61. The first-order chi connectivity index (χ1) is 7.02. The Balaban J connectivity index is 3.56. The van der Waals surface area contributed by atoms with Gasteiger partial charge in [0.1, 0.15) is 0 Å². The largest absolute Gasteiger partial charge is 0.493 e. The van der Waals surface area contributed by atoms with Gasteiger partial charge in [-0.1, -0.05) is 0 Å². The van der Waals surface area contributed by atoms with E-state index in [4.69, 9.17) is 9.47 Å². The monoisotopic (exact) mass is 276 g/mol. The molecule has 0 heterocycles. The number of carbonyl (C=O) groups excluding carboxylic acids is 1. The number of hydrogen-bond acceptors (Lipinski definition) is 3. The van der Waals surface area contributed by atoms with Gasteiger partial charge in [0.05, 0.1) is 24.3 Å². The zero-order chi connectivity index (χ0) is 11.6. The summed E-state index contributed by atoms with van der Waals surface area (Å²) in [4.78, 5) is 11.3. The Kier molecular flexibility index (Phi) is 3.68. The molecule has 0 saturated carbocycles. The van der Waals surface area contributed by atoms with Gasteiger partial charge in [-0.05, 0) is 22.9 Å². The number of ketones is 1. The van der Waals surface area contributed by atoms with Crippen molar-refractivity contribution in [3.05, 3.63) is 21.9 Å². The van der Waals surface area contributed by atoms with Crippen LogP contribution in [0.2, 0.25) is 0 Å². The molecule has 1 aromatic carbocycles. The highest BCUT2D eigenvalue weighted by atomic mass is 79.9. The highest BCUT2D eigenvalue weighted by Crippen LogP contribution is 2.37. The fourth-order valence-electron chi connectivity index (χ4n) is 1.26. The van der Waals surface area contributed by atoms with Crippen molar-refractivity contribution in [3.8, 4) is 11.5 Å². The van der Waals surface area contributed by atoms with Crippen LogP contribution in [0.25, 0.3) is 0 Å². The van der Waals surface area contributed by atoms with Crippen molar-refractivity contribution >= 4 is 21.7 Å². The third-order valence-corrected chi connectivity index (χ3v) is 2.49. The molecule has 0 aliphatic carbocycles. The van der Waals surface area contributed by atoms with E-state index < -0.39 is 11.6 Å². The van der Waals surface area contributed by atoms with Crippen molar-refractivity contribution in [2.45, 2.75) is 6.92 Å². The van der Waals surface area contributed by atoms with Gasteiger partial charge in [-0.3, -0.25) is 4.79 Å². The van der Waals surface area contributed by atoms with E-state index in [0.717, 1.165) is 0 Å². The van der Waals surface area contributed by atoms with Crippen LogP contribution in [-0.4, -0.2) is 20.0 Å². The van der Waals surface area contributed by atoms with Crippen LogP contribution < -0.4 is 9.47 Å². The van der Waals surface area contributed by atoms with Gasteiger partial charge in [0.2, 0.25) is 0 Å². The van der Waals surface area contributed by atoms with Crippen LogP contribution in [0.5, 0.6) is 11.5 Å². The van der Waals surface area contributed by atoms with Gasteiger partial charge in [-0.25, -0.2) is 4.39 Å². The van der Waals surface area contributed by atoms with Gasteiger partial charge in [0.15, 0.2) is 23.1 Å². The Bertz CT molecular complexity index is 404. The van der Waals surface area contributed by atoms with E-state index in [1.165, 1.54) is 27.2 Å². The van der Waals surface area contributed by atoms with Crippen molar-refractivity contribution in [2.24, 2.45) is 0 Å². The first-order valence-corrected chi connectivity index (χ1v) is 4.93. The SMILES string of the molecule is COc1cc(Br)c(F)c(C(C)=O)c1OC. The highest BCUT2D eigenvalue weighted by Gasteiger charge is 2.21. The number of methoxy groups -OCH3 is 2. The first kappa shape index (κ1) is 12.0. The molecule has 0 saturated heterocycles. The average molecular weight is 277 g/mol. The standard InChI is InChI=1S/C10H10BrFO3/c1-5(13)8-9(12)6(11)4-7(14-2)10(8)15-3/h4H,1-3H3. The fourth-order valence-corrected chi connectivity index (χ4v) is 1.66. The van der Waals surface area contributed by atoms with Crippen LogP contribution in [0.1, 0.15) is 17.3 Å². The van der Waals surface area contributed by atoms with E-state index in [0.29, 0.717) is 5.75 Å². The smallest absolute Gasteiger partial charge is 0.174 e. The van der Waals surface area contributed by atoms with E-state index in [1.54, 1.807) is 0 Å². The molecule has 1 aromatic rings. The number of ether oxygens (including phenoxy) is 2. The number of halogens is 2. The zero-order valence-electron chi connectivity index (χ0n) is 8.56. The van der Waals surface area contributed by atoms with Crippen molar-refractivity contribution in [3.63, 3.8) is 0 Å². The normalized spacial score (nSPS) is 9.93. The molecule has 0 unspecified atom stereocenters. The van der Waals surface area contributed by atoms with Crippen LogP contribution in [0.4, 0.5) is 4.39 Å². The minimum atomic E-state index is -0.639. The zero-order valence-corrected chi connectivity index (χ0v) is 10.1. The number of rotatable bonds is 3. The summed E-state index contributed by atoms with van der Waals surface area (Å²) in [5, 5.41) is 0. The predicted molar refractivity (Wildman–Crippen MR) is 57.2 cm³/mol. The molecule has 0 aliphatic rings. The minimum absolute atomic E-state index is 0.108. The molecule has 3 nitrogen and oxygen atoms in total. The van der Waals surface area contributed by atoms with Gasteiger partial charge >= 0.3 is 0 Å². The van der Waals surface area contributed by atoms with E-state index in [2.05, 4.69) is 15.9 Å². The maximum absolute atomic E-state index is 13.6. The molecule has 0 amide bonds. The van der Waals surface area contributed by atoms with Crippen LogP contribution in [-0.2, 0) is 0 Å². The number of Topliss-reactive ketones (excluding diaryl/α,β-unsaturated/α-hetero) is 1. The van der Waals surface area contributed by atoms with Gasteiger partial charge in [0, 0.05) is 6.07 Å². The highest BCUT2D eigenvalue weighted by molar-refractivity contribution is 9.10. The van der Waals surface area contributed by atoms with E-state index in [1.807, 2.05) is 0 Å². The maximum atomic E-state index is 13.6. The van der Waals surface area contributed by atoms with E-state index in [9.17, 15) is 9.18 Å². The minimum Gasteiger partial charge on any atom is -0.493 e. The van der Waals surface area contributed by atoms with Crippen LogP contribution in [0, 0.1) is 5.82 Å². The molecule has 0 atom stereocenters. The molecular formula is C10H10BrFO3. The summed E-state index contributed by atoms with van der Waals surface area (Å²) in [6, 6.07) is 1.42. The molecule has 15 heavy (non-hydrogen) atoms. The summed E-state index contributed by atoms with van der Waals surface area (Å²) in [5.74, 6) is -0.620. The lowest BCUT2D eigenvalue weighted by molar-refractivity contribution is 0.101. The van der Waals surface area contributed by atoms with Gasteiger partial charge in [-0.2, -0.15) is 0 Å². The Morgan fingerprint density at radius 1 is 1.40 bits per heavy atom. The molecule has 0 aliphatic heterocycles. The molecule has 0 aromatic heterocycles. The Morgan fingerprint density at radius 2 is 2.00 bits per heavy atom. The van der Waals surface area contributed by atoms with Crippen molar-refractivity contribution in [2.75, 3.05) is 14.2 Å². The molecule has 0 N–H and O–H groups in total. The Labute approximate surface area is 95.3 Å². The Morgan fingerprint density at radius 3 is 2.40 bits per heavy atom. The molecule has 5 heteroatoms.